The molecule has 1 fully saturated rings. The first kappa shape index (κ1) is 15.0. The molecule has 1 aromatic rings. The largest absolute Gasteiger partial charge is 0.390 e. The van der Waals surface area contributed by atoms with Crippen molar-refractivity contribution in [1.82, 2.24) is 4.90 Å². The second-order valence-electron chi connectivity index (χ2n) is 5.54. The Bertz CT molecular complexity index is 521. The van der Waals surface area contributed by atoms with E-state index in [4.69, 9.17) is 5.11 Å². The predicted octanol–water partition coefficient (Wildman–Crippen LogP) is 1.52. The maximum atomic E-state index is 14.0. The monoisotopic (exact) mass is 277 g/mol. The first-order valence-electron chi connectivity index (χ1n) is 6.83. The van der Waals surface area contributed by atoms with Crippen LogP contribution in [0.25, 0.3) is 0 Å². The predicted molar refractivity (Wildman–Crippen MR) is 75.5 cm³/mol. The van der Waals surface area contributed by atoms with Crippen molar-refractivity contribution in [3.8, 4) is 11.8 Å². The molecule has 4 heteroatoms. The Morgan fingerprint density at radius 3 is 2.65 bits per heavy atom. The quantitative estimate of drug-likeness (QED) is 0.806. The van der Waals surface area contributed by atoms with Crippen LogP contribution >= 0.6 is 0 Å². The van der Waals surface area contributed by atoms with E-state index in [1.807, 2.05) is 6.92 Å². The summed E-state index contributed by atoms with van der Waals surface area (Å²) in [6.07, 6.45) is 1.43. The Morgan fingerprint density at radius 2 is 2.05 bits per heavy atom. The number of hydrogen-bond acceptors (Lipinski definition) is 3. The average molecular weight is 277 g/mol. The van der Waals surface area contributed by atoms with Crippen LogP contribution in [0.2, 0.25) is 0 Å². The molecule has 2 rings (SSSR count). The van der Waals surface area contributed by atoms with Gasteiger partial charge in [0, 0.05) is 30.8 Å². The van der Waals surface area contributed by atoms with E-state index in [9.17, 15) is 9.50 Å². The number of nitrogens with zero attached hydrogens (tertiary/aromatic N) is 1. The molecule has 1 aromatic carbocycles. The number of rotatable bonds is 2. The molecule has 1 aliphatic rings. The van der Waals surface area contributed by atoms with Crippen LogP contribution in [0.4, 0.5) is 4.39 Å². The second-order valence-corrected chi connectivity index (χ2v) is 5.54. The zero-order valence-electron chi connectivity index (χ0n) is 11.7. The summed E-state index contributed by atoms with van der Waals surface area (Å²) in [6.45, 7) is 3.73. The van der Waals surface area contributed by atoms with Crippen LogP contribution < -0.4 is 0 Å². The molecule has 1 aliphatic heterocycles. The summed E-state index contributed by atoms with van der Waals surface area (Å²) in [7, 11) is 0. The van der Waals surface area contributed by atoms with Crippen LogP contribution in [-0.4, -0.2) is 40.4 Å². The van der Waals surface area contributed by atoms with E-state index >= 15 is 0 Å². The van der Waals surface area contributed by atoms with Crippen molar-refractivity contribution in [3.63, 3.8) is 0 Å². The number of halogens is 1. The van der Waals surface area contributed by atoms with E-state index in [0.29, 0.717) is 30.5 Å². The minimum absolute atomic E-state index is 0.225. The molecule has 0 unspecified atom stereocenters. The van der Waals surface area contributed by atoms with Gasteiger partial charge in [0.05, 0.1) is 5.60 Å². The number of benzene rings is 1. The third kappa shape index (κ3) is 4.04. The molecule has 20 heavy (non-hydrogen) atoms. The minimum atomic E-state index is -0.585. The molecule has 2 N–H and O–H groups in total. The van der Waals surface area contributed by atoms with Crippen molar-refractivity contribution in [3.05, 3.63) is 35.1 Å². The zero-order chi connectivity index (χ0) is 14.6. The summed E-state index contributed by atoms with van der Waals surface area (Å²) in [5.74, 6) is 4.92. The lowest BCUT2D eigenvalue weighted by atomic mass is 9.93. The molecule has 3 nitrogen and oxygen atoms in total. The van der Waals surface area contributed by atoms with E-state index in [1.165, 1.54) is 6.07 Å². The smallest absolute Gasteiger partial charge is 0.128 e. The maximum Gasteiger partial charge on any atom is 0.128 e. The molecule has 1 saturated heterocycles. The van der Waals surface area contributed by atoms with Crippen molar-refractivity contribution < 1.29 is 14.6 Å². The highest BCUT2D eigenvalue weighted by molar-refractivity contribution is 5.37. The first-order valence-corrected chi connectivity index (χ1v) is 6.83. The summed E-state index contributed by atoms with van der Waals surface area (Å²) in [5.41, 5.74) is 0.627. The van der Waals surface area contributed by atoms with Crippen molar-refractivity contribution in [2.45, 2.75) is 31.9 Å². The Labute approximate surface area is 119 Å². The summed E-state index contributed by atoms with van der Waals surface area (Å²) >= 11 is 0. The molecule has 0 spiro atoms. The molecule has 0 radical (unpaired) electrons. The van der Waals surface area contributed by atoms with Crippen LogP contribution in [0.15, 0.2) is 18.2 Å². The maximum absolute atomic E-state index is 14.0. The molecule has 0 bridgehead atoms. The Morgan fingerprint density at radius 1 is 1.35 bits per heavy atom. The Kier molecular flexibility index (Phi) is 4.77. The summed E-state index contributed by atoms with van der Waals surface area (Å²) < 4.78 is 14.0. The van der Waals surface area contributed by atoms with E-state index in [2.05, 4.69) is 16.7 Å². The van der Waals surface area contributed by atoms with Gasteiger partial charge in [-0.05, 0) is 31.9 Å². The lowest BCUT2D eigenvalue weighted by Crippen LogP contribution is -2.42. The number of aliphatic hydroxyl groups excluding tert-OH is 1. The van der Waals surface area contributed by atoms with Crippen molar-refractivity contribution in [1.29, 1.82) is 0 Å². The minimum Gasteiger partial charge on any atom is -0.390 e. The number of hydrogen-bond donors (Lipinski definition) is 2. The molecule has 108 valence electrons. The van der Waals surface area contributed by atoms with Gasteiger partial charge in [0.25, 0.3) is 0 Å². The average Bonchev–Trinajstić information content (AvgIpc) is 2.41. The van der Waals surface area contributed by atoms with Crippen LogP contribution in [-0.2, 0) is 6.54 Å². The van der Waals surface area contributed by atoms with E-state index in [-0.39, 0.29) is 12.4 Å². The van der Waals surface area contributed by atoms with Gasteiger partial charge in [-0.1, -0.05) is 17.9 Å². The number of aliphatic hydroxyl groups is 2. The fourth-order valence-electron chi connectivity index (χ4n) is 2.33. The highest BCUT2D eigenvalue weighted by Crippen LogP contribution is 2.23. The third-order valence-corrected chi connectivity index (χ3v) is 3.69. The Balaban J connectivity index is 2.00. The molecule has 0 saturated carbocycles. The van der Waals surface area contributed by atoms with Gasteiger partial charge in [-0.25, -0.2) is 4.39 Å². The van der Waals surface area contributed by atoms with Crippen LogP contribution in [0.3, 0.4) is 0 Å². The van der Waals surface area contributed by atoms with Gasteiger partial charge in [-0.15, -0.1) is 0 Å². The van der Waals surface area contributed by atoms with E-state index < -0.39 is 5.60 Å². The molecule has 0 atom stereocenters. The van der Waals surface area contributed by atoms with Crippen molar-refractivity contribution in [2.24, 2.45) is 0 Å². The zero-order valence-corrected chi connectivity index (χ0v) is 11.7. The molecule has 0 amide bonds. The molecule has 1 heterocycles. The normalized spacial score (nSPS) is 18.4. The lowest BCUT2D eigenvalue weighted by Gasteiger charge is -2.35. The van der Waals surface area contributed by atoms with Gasteiger partial charge < -0.3 is 10.2 Å². The van der Waals surface area contributed by atoms with Crippen LogP contribution in [0, 0.1) is 17.7 Å². The lowest BCUT2D eigenvalue weighted by molar-refractivity contribution is -0.00749. The fourth-order valence-corrected chi connectivity index (χ4v) is 2.33. The summed E-state index contributed by atoms with van der Waals surface area (Å²) in [6, 6.07) is 4.91. The third-order valence-electron chi connectivity index (χ3n) is 3.69. The standard InChI is InChI=1S/C16H20FNO2/c1-16(20)6-8-18(9-7-16)12-14-5-4-13(3-2-10-19)11-15(14)17/h4-5,11,19-20H,6-10,12H2,1H3. The van der Waals surface area contributed by atoms with E-state index in [1.54, 1.807) is 12.1 Å². The second kappa shape index (κ2) is 6.36. The van der Waals surface area contributed by atoms with Crippen LogP contribution in [0.1, 0.15) is 30.9 Å². The fraction of sp³-hybridized carbons (Fsp3) is 0.500. The van der Waals surface area contributed by atoms with Gasteiger partial charge in [0.1, 0.15) is 12.4 Å². The topological polar surface area (TPSA) is 43.7 Å². The molecular weight excluding hydrogens is 257 g/mol. The highest BCUT2D eigenvalue weighted by atomic mass is 19.1. The van der Waals surface area contributed by atoms with E-state index in [0.717, 1.165) is 13.1 Å². The summed E-state index contributed by atoms with van der Waals surface area (Å²) in [4.78, 5) is 2.15. The SMILES string of the molecule is CC1(O)CCN(Cc2ccc(C#CCO)cc2F)CC1. The van der Waals surface area contributed by atoms with Gasteiger partial charge in [0.2, 0.25) is 0 Å². The van der Waals surface area contributed by atoms with Crippen molar-refractivity contribution in [2.75, 3.05) is 19.7 Å². The van der Waals surface area contributed by atoms with Crippen LogP contribution in [0.5, 0.6) is 0 Å². The van der Waals surface area contributed by atoms with Gasteiger partial charge in [-0.2, -0.15) is 0 Å². The summed E-state index contributed by atoms with van der Waals surface area (Å²) in [5, 5.41) is 18.5. The van der Waals surface area contributed by atoms with Crippen molar-refractivity contribution >= 4 is 0 Å². The first-order chi connectivity index (χ1) is 9.50. The Hall–Kier alpha value is -1.41. The number of piperidine rings is 1. The number of likely N-dealkylation sites (tertiary alicyclic amines) is 1. The molecule has 0 aromatic heterocycles. The molecular formula is C16H20FNO2. The van der Waals surface area contributed by atoms with Gasteiger partial charge >= 0.3 is 0 Å². The highest BCUT2D eigenvalue weighted by Gasteiger charge is 2.27. The van der Waals surface area contributed by atoms with Gasteiger partial charge in [0.15, 0.2) is 0 Å². The molecule has 0 aliphatic carbocycles. The van der Waals surface area contributed by atoms with Gasteiger partial charge in [-0.3, -0.25) is 4.90 Å².